The average Bonchev–Trinajstić information content (AvgIpc) is 2.45. The molecule has 0 saturated carbocycles. The van der Waals surface area contributed by atoms with E-state index >= 15 is 0 Å². The second kappa shape index (κ2) is 7.32. The molecular formula is C14H28N2O5. The minimum atomic E-state index is -0.857. The van der Waals surface area contributed by atoms with Gasteiger partial charge in [0.25, 0.3) is 0 Å². The maximum atomic E-state index is 10.4. The summed E-state index contributed by atoms with van der Waals surface area (Å²) in [5, 5.41) is 22.8. The highest BCUT2D eigenvalue weighted by Gasteiger charge is 2.44. The van der Waals surface area contributed by atoms with E-state index in [9.17, 15) is 5.11 Å². The molecule has 7 heteroatoms. The molecule has 2 saturated heterocycles. The Bertz CT molecular complexity index is 332. The lowest BCUT2D eigenvalue weighted by molar-refractivity contribution is -0.272. The van der Waals surface area contributed by atoms with E-state index in [0.29, 0.717) is 18.6 Å². The van der Waals surface area contributed by atoms with Crippen LogP contribution >= 0.6 is 0 Å². The minimum Gasteiger partial charge on any atom is -0.388 e. The van der Waals surface area contributed by atoms with Crippen LogP contribution in [0.4, 0.5) is 0 Å². The van der Waals surface area contributed by atoms with Gasteiger partial charge in [-0.3, -0.25) is 0 Å². The van der Waals surface area contributed by atoms with Crippen LogP contribution in [0.2, 0.25) is 0 Å². The van der Waals surface area contributed by atoms with Crippen molar-refractivity contribution in [2.75, 3.05) is 13.7 Å². The lowest BCUT2D eigenvalue weighted by atomic mass is 9.93. The summed E-state index contributed by atoms with van der Waals surface area (Å²) in [5.74, 6) is 0.423. The van der Waals surface area contributed by atoms with E-state index in [2.05, 4.69) is 17.7 Å². The first-order chi connectivity index (χ1) is 9.97. The van der Waals surface area contributed by atoms with Crippen molar-refractivity contribution >= 4 is 0 Å². The van der Waals surface area contributed by atoms with Crippen LogP contribution in [0.1, 0.15) is 27.2 Å². The number of aliphatic hydroxyl groups is 1. The number of hydrogen-bond acceptors (Lipinski definition) is 7. The van der Waals surface area contributed by atoms with Crippen LogP contribution in [0, 0.1) is 5.92 Å². The van der Waals surface area contributed by atoms with Gasteiger partial charge in [-0.2, -0.15) is 5.48 Å². The van der Waals surface area contributed by atoms with Crippen molar-refractivity contribution < 1.29 is 24.5 Å². The van der Waals surface area contributed by atoms with Gasteiger partial charge < -0.3 is 29.8 Å². The van der Waals surface area contributed by atoms with E-state index < -0.39 is 18.2 Å². The van der Waals surface area contributed by atoms with Gasteiger partial charge in [-0.05, 0) is 26.8 Å². The Labute approximate surface area is 125 Å². The van der Waals surface area contributed by atoms with Gasteiger partial charge in [0.15, 0.2) is 6.29 Å². The Morgan fingerprint density at radius 2 is 1.90 bits per heavy atom. The lowest BCUT2D eigenvalue weighted by Crippen LogP contribution is -2.62. The van der Waals surface area contributed by atoms with E-state index in [4.69, 9.17) is 19.4 Å². The molecule has 2 heterocycles. The van der Waals surface area contributed by atoms with Crippen LogP contribution in [0.25, 0.3) is 0 Å². The maximum Gasteiger partial charge on any atom is 0.159 e. The monoisotopic (exact) mass is 304 g/mol. The van der Waals surface area contributed by atoms with Crippen LogP contribution in [-0.2, 0) is 14.2 Å². The average molecular weight is 304 g/mol. The fourth-order valence-electron chi connectivity index (χ4n) is 3.19. The number of hydroxylamine groups is 1. The molecule has 8 atom stereocenters. The Balaban J connectivity index is 1.97. The Morgan fingerprint density at radius 1 is 1.19 bits per heavy atom. The molecule has 21 heavy (non-hydrogen) atoms. The van der Waals surface area contributed by atoms with Crippen molar-refractivity contribution in [1.29, 1.82) is 0 Å². The third-order valence-corrected chi connectivity index (χ3v) is 4.61. The molecule has 0 amide bonds. The van der Waals surface area contributed by atoms with E-state index in [1.165, 1.54) is 0 Å². The van der Waals surface area contributed by atoms with E-state index in [1.54, 1.807) is 6.92 Å². The predicted octanol–water partition coefficient (Wildman–Crippen LogP) is -0.142. The molecule has 0 radical (unpaired) electrons. The summed E-state index contributed by atoms with van der Waals surface area (Å²) >= 11 is 0. The molecule has 124 valence electrons. The van der Waals surface area contributed by atoms with E-state index in [1.807, 2.05) is 14.0 Å². The van der Waals surface area contributed by atoms with Gasteiger partial charge in [-0.25, -0.2) is 0 Å². The van der Waals surface area contributed by atoms with Crippen LogP contribution < -0.4 is 10.8 Å². The van der Waals surface area contributed by atoms with Crippen molar-refractivity contribution in [2.45, 2.75) is 70.0 Å². The van der Waals surface area contributed by atoms with Crippen LogP contribution in [0.15, 0.2) is 0 Å². The number of rotatable bonds is 4. The van der Waals surface area contributed by atoms with Crippen molar-refractivity contribution in [3.63, 3.8) is 0 Å². The van der Waals surface area contributed by atoms with Crippen LogP contribution in [0.3, 0.4) is 0 Å². The third kappa shape index (κ3) is 3.73. The molecule has 2 aliphatic heterocycles. The summed E-state index contributed by atoms with van der Waals surface area (Å²) in [5.41, 5.74) is 2.11. The van der Waals surface area contributed by atoms with Gasteiger partial charge in [-0.1, -0.05) is 6.92 Å². The molecule has 2 rings (SSSR count). The largest absolute Gasteiger partial charge is 0.388 e. The number of aliphatic hydroxyl groups excluding tert-OH is 1. The molecule has 0 aromatic heterocycles. The second-order valence-corrected chi connectivity index (χ2v) is 6.16. The molecule has 4 N–H and O–H groups in total. The first-order valence-electron chi connectivity index (χ1n) is 7.65. The molecule has 7 nitrogen and oxygen atoms in total. The summed E-state index contributed by atoms with van der Waals surface area (Å²) < 4.78 is 17.3. The highest BCUT2D eigenvalue weighted by atomic mass is 16.7. The Morgan fingerprint density at radius 3 is 2.52 bits per heavy atom. The normalized spacial score (nSPS) is 48.3. The number of ether oxygens (including phenoxy) is 3. The van der Waals surface area contributed by atoms with Gasteiger partial charge >= 0.3 is 0 Å². The van der Waals surface area contributed by atoms with Crippen molar-refractivity contribution in [3.8, 4) is 0 Å². The minimum absolute atomic E-state index is 0.268. The molecule has 0 aromatic rings. The summed E-state index contributed by atoms with van der Waals surface area (Å²) in [6.07, 6.45) is -1.61. The summed E-state index contributed by atoms with van der Waals surface area (Å²) in [6, 6.07) is -0.250. The zero-order chi connectivity index (χ0) is 15.6. The highest BCUT2D eigenvalue weighted by molar-refractivity contribution is 4.93. The molecule has 2 aliphatic rings. The van der Waals surface area contributed by atoms with Crippen molar-refractivity contribution in [1.82, 2.24) is 10.8 Å². The molecular weight excluding hydrogens is 276 g/mol. The maximum absolute atomic E-state index is 10.4. The molecule has 0 bridgehead atoms. The zero-order valence-corrected chi connectivity index (χ0v) is 13.2. The molecule has 0 aliphatic carbocycles. The standard InChI is InChI=1S/C14H28N2O5/c1-7-6-19-11(5-10(7)15-4)21-14-9(3)20-8(2)12(16-18)13(14)17/h7-18H,5-6H2,1-4H3/t7-,8+,9-,10-,11-,12+,13-,14-/m0/s1. The lowest BCUT2D eigenvalue weighted by Gasteiger charge is -2.44. The number of nitrogens with one attached hydrogen (secondary N) is 2. The zero-order valence-electron chi connectivity index (χ0n) is 13.2. The van der Waals surface area contributed by atoms with Gasteiger partial charge in [-0.15, -0.1) is 0 Å². The first kappa shape index (κ1) is 17.1. The summed E-state index contributed by atoms with van der Waals surface area (Å²) in [6.45, 7) is 6.41. The molecule has 2 fully saturated rings. The van der Waals surface area contributed by atoms with Crippen molar-refractivity contribution in [2.24, 2.45) is 5.92 Å². The SMILES string of the molecule is CN[C@H]1C[C@H](O[C@@H]2[C@@H](O)[C@H](NO)[C@@H](C)O[C@H]2C)OC[C@@H]1C. The number of hydrogen-bond donors (Lipinski definition) is 4. The Hall–Kier alpha value is -0.280. The molecule has 0 unspecified atom stereocenters. The molecule has 0 aromatic carbocycles. The van der Waals surface area contributed by atoms with Crippen LogP contribution in [0.5, 0.6) is 0 Å². The first-order valence-corrected chi connectivity index (χ1v) is 7.65. The van der Waals surface area contributed by atoms with Gasteiger partial charge in [0, 0.05) is 12.5 Å². The third-order valence-electron chi connectivity index (χ3n) is 4.61. The fraction of sp³-hybridized carbons (Fsp3) is 1.00. The summed E-state index contributed by atoms with van der Waals surface area (Å²) in [7, 11) is 1.93. The predicted molar refractivity (Wildman–Crippen MR) is 76.0 cm³/mol. The fourth-order valence-corrected chi connectivity index (χ4v) is 3.19. The molecule has 0 spiro atoms. The highest BCUT2D eigenvalue weighted by Crippen LogP contribution is 2.27. The van der Waals surface area contributed by atoms with E-state index in [-0.39, 0.29) is 18.5 Å². The second-order valence-electron chi connectivity index (χ2n) is 6.16. The van der Waals surface area contributed by atoms with Gasteiger partial charge in [0.1, 0.15) is 12.2 Å². The Kier molecular flexibility index (Phi) is 5.96. The topological polar surface area (TPSA) is 92.2 Å². The smallest absolute Gasteiger partial charge is 0.159 e. The van der Waals surface area contributed by atoms with E-state index in [0.717, 1.165) is 6.42 Å². The van der Waals surface area contributed by atoms with Gasteiger partial charge in [0.2, 0.25) is 0 Å². The van der Waals surface area contributed by atoms with Crippen LogP contribution in [-0.4, -0.2) is 66.8 Å². The van der Waals surface area contributed by atoms with Crippen molar-refractivity contribution in [3.05, 3.63) is 0 Å². The summed E-state index contributed by atoms with van der Waals surface area (Å²) in [4.78, 5) is 0. The quantitative estimate of drug-likeness (QED) is 0.537. The van der Waals surface area contributed by atoms with Gasteiger partial charge in [0.05, 0.1) is 24.9 Å².